The third-order valence-electron chi connectivity index (χ3n) is 5.48. The van der Waals surface area contributed by atoms with E-state index < -0.39 is 5.60 Å². The van der Waals surface area contributed by atoms with E-state index in [1.54, 1.807) is 32.2 Å². The Morgan fingerprint density at radius 3 is 2.84 bits per heavy atom. The molecule has 7 heteroatoms. The second kappa shape index (κ2) is 8.06. The average Bonchev–Trinajstić information content (AvgIpc) is 3.08. The van der Waals surface area contributed by atoms with Gasteiger partial charge in [0.25, 0.3) is 0 Å². The van der Waals surface area contributed by atoms with Crippen LogP contribution in [0.1, 0.15) is 46.1 Å². The number of nitrogens with one attached hydrogen (secondary N) is 3. The number of piperidine rings is 1. The minimum absolute atomic E-state index is 0.0496. The van der Waals surface area contributed by atoms with E-state index in [4.69, 9.17) is 4.98 Å². The van der Waals surface area contributed by atoms with Crippen LogP contribution >= 0.6 is 0 Å². The van der Waals surface area contributed by atoms with E-state index in [0.29, 0.717) is 17.2 Å². The Morgan fingerprint density at radius 1 is 1.34 bits per heavy atom. The van der Waals surface area contributed by atoms with Crippen LogP contribution in [0.4, 0.5) is 10.3 Å². The molecule has 2 aromatic heterocycles. The summed E-state index contributed by atoms with van der Waals surface area (Å²) in [5.41, 5.74) is 2.89. The van der Waals surface area contributed by atoms with Gasteiger partial charge < -0.3 is 20.7 Å². The first-order valence-corrected chi connectivity index (χ1v) is 10.8. The van der Waals surface area contributed by atoms with Crippen molar-refractivity contribution >= 4 is 22.9 Å². The summed E-state index contributed by atoms with van der Waals surface area (Å²) in [6.45, 7) is 11.7. The molecule has 32 heavy (non-hydrogen) atoms. The fourth-order valence-electron chi connectivity index (χ4n) is 4.29. The molecule has 0 spiro atoms. The maximum absolute atomic E-state index is 14.4. The third kappa shape index (κ3) is 4.99. The lowest BCUT2D eigenvalue weighted by Gasteiger charge is -2.38. The van der Waals surface area contributed by atoms with Gasteiger partial charge in [0.1, 0.15) is 5.82 Å². The molecule has 1 atom stereocenters. The Morgan fingerprint density at radius 2 is 2.12 bits per heavy atom. The number of aliphatic hydroxyl groups is 1. The predicted molar refractivity (Wildman–Crippen MR) is 128 cm³/mol. The Kier molecular flexibility index (Phi) is 5.54. The van der Waals surface area contributed by atoms with Gasteiger partial charge in [0.2, 0.25) is 5.95 Å². The number of rotatable bonds is 5. The second-order valence-corrected chi connectivity index (χ2v) is 9.73. The van der Waals surface area contributed by atoms with Crippen molar-refractivity contribution in [2.24, 2.45) is 0 Å². The van der Waals surface area contributed by atoms with Gasteiger partial charge >= 0.3 is 0 Å². The van der Waals surface area contributed by atoms with Crippen LogP contribution in [0.25, 0.3) is 28.2 Å². The number of hydrogen-bond acceptors (Lipinski definition) is 5. The van der Waals surface area contributed by atoms with E-state index in [-0.39, 0.29) is 17.4 Å². The Balaban J connectivity index is 1.66. The van der Waals surface area contributed by atoms with Crippen molar-refractivity contribution in [3.63, 3.8) is 0 Å². The van der Waals surface area contributed by atoms with Crippen LogP contribution in [-0.2, 0) is 0 Å². The Labute approximate surface area is 187 Å². The lowest BCUT2D eigenvalue weighted by Crippen LogP contribution is -2.48. The number of anilines is 1. The molecular formula is C25H30FN5O. The zero-order chi connectivity index (χ0) is 23.1. The van der Waals surface area contributed by atoms with Gasteiger partial charge in [-0.1, -0.05) is 18.7 Å². The molecule has 168 valence electrons. The van der Waals surface area contributed by atoms with Gasteiger partial charge in [0, 0.05) is 52.6 Å². The highest BCUT2D eigenvalue weighted by atomic mass is 19.1. The predicted octanol–water partition coefficient (Wildman–Crippen LogP) is 5.00. The van der Waals surface area contributed by atoms with Gasteiger partial charge in [-0.3, -0.25) is 0 Å². The summed E-state index contributed by atoms with van der Waals surface area (Å²) >= 11 is 0. The molecule has 0 saturated carbocycles. The van der Waals surface area contributed by atoms with Gasteiger partial charge in [0.05, 0.1) is 16.8 Å². The summed E-state index contributed by atoms with van der Waals surface area (Å²) in [5.74, 6) is 0.183. The van der Waals surface area contributed by atoms with E-state index in [1.165, 1.54) is 12.1 Å². The fourth-order valence-corrected chi connectivity index (χ4v) is 4.29. The number of halogens is 1. The van der Waals surface area contributed by atoms with Crippen LogP contribution in [0, 0.1) is 5.82 Å². The number of fused-ring (bicyclic) bond motifs is 1. The summed E-state index contributed by atoms with van der Waals surface area (Å²) < 4.78 is 14.4. The maximum atomic E-state index is 14.4. The van der Waals surface area contributed by atoms with E-state index >= 15 is 0 Å². The summed E-state index contributed by atoms with van der Waals surface area (Å²) in [6.07, 6.45) is 8.61. The molecular weight excluding hydrogens is 405 g/mol. The van der Waals surface area contributed by atoms with Crippen molar-refractivity contribution < 1.29 is 9.50 Å². The van der Waals surface area contributed by atoms with Gasteiger partial charge in [-0.15, -0.1) is 0 Å². The molecule has 0 radical (unpaired) electrons. The molecule has 4 rings (SSSR count). The molecule has 4 N–H and O–H groups in total. The molecule has 1 aliphatic rings. The van der Waals surface area contributed by atoms with Crippen LogP contribution in [0.15, 0.2) is 48.9 Å². The topological polar surface area (TPSA) is 85.9 Å². The second-order valence-electron chi connectivity index (χ2n) is 9.73. The Bertz CT molecular complexity index is 1190. The number of aromatic amines is 1. The number of benzene rings is 1. The maximum Gasteiger partial charge on any atom is 0.223 e. The van der Waals surface area contributed by atoms with Gasteiger partial charge in [-0.2, -0.15) is 0 Å². The number of H-pyrrole nitrogens is 1. The van der Waals surface area contributed by atoms with Crippen LogP contribution in [-0.4, -0.2) is 37.2 Å². The largest absolute Gasteiger partial charge is 0.386 e. The molecule has 1 aliphatic heterocycles. The average molecular weight is 436 g/mol. The lowest BCUT2D eigenvalue weighted by molar-refractivity contribution is 0.134. The van der Waals surface area contributed by atoms with E-state index in [2.05, 4.69) is 41.0 Å². The third-order valence-corrected chi connectivity index (χ3v) is 5.48. The monoisotopic (exact) mass is 435 g/mol. The van der Waals surface area contributed by atoms with E-state index in [0.717, 1.165) is 35.0 Å². The van der Waals surface area contributed by atoms with Crippen molar-refractivity contribution in [2.75, 3.05) is 5.32 Å². The summed E-state index contributed by atoms with van der Waals surface area (Å²) in [6, 6.07) is 4.93. The fraction of sp³-hybridized carbons (Fsp3) is 0.360. The van der Waals surface area contributed by atoms with Crippen molar-refractivity contribution in [1.82, 2.24) is 20.3 Å². The number of aromatic nitrogens is 3. The molecule has 0 amide bonds. The zero-order valence-corrected chi connectivity index (χ0v) is 19.0. The molecule has 1 unspecified atom stereocenters. The van der Waals surface area contributed by atoms with Crippen LogP contribution in [0.3, 0.4) is 0 Å². The minimum atomic E-state index is -0.990. The minimum Gasteiger partial charge on any atom is -0.386 e. The highest BCUT2D eigenvalue weighted by molar-refractivity contribution is 5.99. The highest BCUT2D eigenvalue weighted by Gasteiger charge is 2.29. The molecule has 3 aromatic rings. The molecule has 0 bridgehead atoms. The van der Waals surface area contributed by atoms with Crippen molar-refractivity contribution in [3.8, 4) is 11.3 Å². The molecule has 1 fully saturated rings. The van der Waals surface area contributed by atoms with Crippen LogP contribution in [0.2, 0.25) is 0 Å². The van der Waals surface area contributed by atoms with Gasteiger partial charge in [-0.05, 0) is 52.3 Å². The highest BCUT2D eigenvalue weighted by Crippen LogP contribution is 2.32. The normalized spacial score (nSPS) is 18.8. The first kappa shape index (κ1) is 22.0. The molecule has 3 heterocycles. The standard InChI is InChI=1S/C25H30FN5O/c1-15-10-18(13-24(2,3)31-15)29-23-27-9-7-21(30-23)20-14-28-22-16(6-8-25(4,5)32)11-17(26)12-19(20)22/h6-9,11-12,14,18,28,31-32H,1,10,13H2,2-5H3,(H,27,29,30)/b8-6+. The molecule has 1 aromatic carbocycles. The van der Waals surface area contributed by atoms with Crippen molar-refractivity contribution in [2.45, 2.75) is 57.7 Å². The van der Waals surface area contributed by atoms with Gasteiger partial charge in [0.15, 0.2) is 0 Å². The van der Waals surface area contributed by atoms with Crippen molar-refractivity contribution in [1.29, 1.82) is 0 Å². The van der Waals surface area contributed by atoms with Crippen LogP contribution in [0.5, 0.6) is 0 Å². The molecule has 6 nitrogen and oxygen atoms in total. The SMILES string of the molecule is C=C1CC(Nc2nccc(-c3c[nH]c4c(/C=C/C(C)(C)O)cc(F)cc34)n2)CC(C)(C)N1. The summed E-state index contributed by atoms with van der Waals surface area (Å²) in [5, 5.41) is 17.6. The van der Waals surface area contributed by atoms with Crippen molar-refractivity contribution in [3.05, 3.63) is 60.3 Å². The number of nitrogens with zero attached hydrogens (tertiary/aromatic N) is 2. The number of hydrogen-bond donors (Lipinski definition) is 4. The smallest absolute Gasteiger partial charge is 0.223 e. The summed E-state index contributed by atoms with van der Waals surface area (Å²) in [7, 11) is 0. The van der Waals surface area contributed by atoms with E-state index in [1.807, 2.05) is 12.3 Å². The Hall–Kier alpha value is -3.19. The molecule has 1 saturated heterocycles. The lowest BCUT2D eigenvalue weighted by atomic mass is 9.88. The van der Waals surface area contributed by atoms with Crippen LogP contribution < -0.4 is 10.6 Å². The zero-order valence-electron chi connectivity index (χ0n) is 19.0. The first-order valence-electron chi connectivity index (χ1n) is 10.8. The quantitative estimate of drug-likeness (QED) is 0.453. The van der Waals surface area contributed by atoms with Gasteiger partial charge in [-0.25, -0.2) is 14.4 Å². The summed E-state index contributed by atoms with van der Waals surface area (Å²) in [4.78, 5) is 12.3. The molecule has 0 aliphatic carbocycles. The first-order chi connectivity index (χ1) is 15.0. The van der Waals surface area contributed by atoms with E-state index in [9.17, 15) is 9.50 Å².